The summed E-state index contributed by atoms with van der Waals surface area (Å²) < 4.78 is 5.32. The fraction of sp³-hybridized carbons (Fsp3) is 0.273. The Morgan fingerprint density at radius 3 is 2.80 bits per heavy atom. The third-order valence-corrected chi connectivity index (χ3v) is 2.23. The molecule has 0 fully saturated rings. The van der Waals surface area contributed by atoms with Crippen LogP contribution in [0.1, 0.15) is 18.5 Å². The van der Waals surface area contributed by atoms with Crippen LogP contribution in [-0.4, -0.2) is 21.7 Å². The van der Waals surface area contributed by atoms with Gasteiger partial charge in [-0.15, -0.1) is 0 Å². The summed E-state index contributed by atoms with van der Waals surface area (Å²) in [6, 6.07) is 3.67. The van der Waals surface area contributed by atoms with E-state index in [1.807, 2.05) is 19.1 Å². The van der Waals surface area contributed by atoms with Crippen LogP contribution in [0.5, 0.6) is 0 Å². The Labute approximate surface area is 87.6 Å². The minimum absolute atomic E-state index is 0.00402. The molecule has 0 aromatic carbocycles. The number of pyridine rings is 1. The Balaban J connectivity index is 2.28. The highest BCUT2D eigenvalue weighted by Crippen LogP contribution is 2.21. The van der Waals surface area contributed by atoms with Crippen molar-refractivity contribution in [3.05, 3.63) is 36.5 Å². The van der Waals surface area contributed by atoms with Gasteiger partial charge < -0.3 is 9.52 Å². The Morgan fingerprint density at radius 1 is 1.40 bits per heavy atom. The van der Waals surface area contributed by atoms with Gasteiger partial charge >= 0.3 is 0 Å². The van der Waals surface area contributed by atoms with Gasteiger partial charge in [-0.1, -0.05) is 6.92 Å². The number of rotatable bonds is 3. The van der Waals surface area contributed by atoms with Crippen molar-refractivity contribution in [2.75, 3.05) is 6.61 Å². The van der Waals surface area contributed by atoms with Crippen molar-refractivity contribution in [1.29, 1.82) is 0 Å². The Bertz CT molecular complexity index is 425. The molecule has 0 bridgehead atoms. The SMILES string of the molecule is CC(CO)c1coc(-c2ccncc2)n1. The molecule has 0 saturated carbocycles. The highest BCUT2D eigenvalue weighted by Gasteiger charge is 2.11. The lowest BCUT2D eigenvalue weighted by Gasteiger charge is -2.00. The van der Waals surface area contributed by atoms with Crippen molar-refractivity contribution < 1.29 is 9.52 Å². The van der Waals surface area contributed by atoms with E-state index in [-0.39, 0.29) is 12.5 Å². The van der Waals surface area contributed by atoms with Gasteiger partial charge in [0.05, 0.1) is 12.3 Å². The highest BCUT2D eigenvalue weighted by atomic mass is 16.3. The van der Waals surface area contributed by atoms with Gasteiger partial charge in [-0.2, -0.15) is 0 Å². The van der Waals surface area contributed by atoms with E-state index in [0.29, 0.717) is 5.89 Å². The summed E-state index contributed by atoms with van der Waals surface area (Å²) in [7, 11) is 0. The van der Waals surface area contributed by atoms with Crippen LogP contribution >= 0.6 is 0 Å². The van der Waals surface area contributed by atoms with Gasteiger partial charge in [0.15, 0.2) is 0 Å². The predicted molar refractivity (Wildman–Crippen MR) is 55.2 cm³/mol. The smallest absolute Gasteiger partial charge is 0.226 e. The largest absolute Gasteiger partial charge is 0.444 e. The van der Waals surface area contributed by atoms with Crippen LogP contribution in [0.25, 0.3) is 11.5 Å². The minimum atomic E-state index is 0.00402. The van der Waals surface area contributed by atoms with Crippen molar-refractivity contribution >= 4 is 0 Å². The zero-order chi connectivity index (χ0) is 10.7. The molecule has 2 heterocycles. The average molecular weight is 204 g/mol. The van der Waals surface area contributed by atoms with E-state index in [1.165, 1.54) is 0 Å². The Morgan fingerprint density at radius 2 is 2.13 bits per heavy atom. The second-order valence-electron chi connectivity index (χ2n) is 3.40. The first-order valence-corrected chi connectivity index (χ1v) is 4.78. The normalized spacial score (nSPS) is 12.7. The molecule has 1 N–H and O–H groups in total. The summed E-state index contributed by atoms with van der Waals surface area (Å²) in [4.78, 5) is 8.22. The molecule has 0 radical (unpaired) electrons. The van der Waals surface area contributed by atoms with Crippen LogP contribution in [0.2, 0.25) is 0 Å². The lowest BCUT2D eigenvalue weighted by molar-refractivity contribution is 0.271. The fourth-order valence-electron chi connectivity index (χ4n) is 1.23. The van der Waals surface area contributed by atoms with Crippen LogP contribution in [0, 0.1) is 0 Å². The molecule has 0 spiro atoms. The van der Waals surface area contributed by atoms with E-state index in [0.717, 1.165) is 11.3 Å². The monoisotopic (exact) mass is 204 g/mol. The van der Waals surface area contributed by atoms with E-state index in [1.54, 1.807) is 18.7 Å². The molecule has 0 amide bonds. The highest BCUT2D eigenvalue weighted by molar-refractivity contribution is 5.51. The van der Waals surface area contributed by atoms with Crippen LogP contribution < -0.4 is 0 Å². The minimum Gasteiger partial charge on any atom is -0.444 e. The van der Waals surface area contributed by atoms with Crippen LogP contribution in [0.15, 0.2) is 35.2 Å². The maximum atomic E-state index is 8.98. The van der Waals surface area contributed by atoms with Gasteiger partial charge in [-0.05, 0) is 12.1 Å². The van der Waals surface area contributed by atoms with E-state index < -0.39 is 0 Å². The number of aliphatic hydroxyl groups is 1. The molecule has 0 aliphatic heterocycles. The topological polar surface area (TPSA) is 59.2 Å². The molecule has 78 valence electrons. The van der Waals surface area contributed by atoms with E-state index in [4.69, 9.17) is 9.52 Å². The average Bonchev–Trinajstić information content (AvgIpc) is 2.78. The van der Waals surface area contributed by atoms with Crippen molar-refractivity contribution in [3.63, 3.8) is 0 Å². The molecule has 4 nitrogen and oxygen atoms in total. The lowest BCUT2D eigenvalue weighted by Crippen LogP contribution is -1.98. The molecule has 0 saturated heterocycles. The number of nitrogens with zero attached hydrogens (tertiary/aromatic N) is 2. The number of hydrogen-bond acceptors (Lipinski definition) is 4. The van der Waals surface area contributed by atoms with Crippen molar-refractivity contribution in [1.82, 2.24) is 9.97 Å². The zero-order valence-corrected chi connectivity index (χ0v) is 8.42. The molecule has 2 aromatic rings. The van der Waals surface area contributed by atoms with Gasteiger partial charge in [0.25, 0.3) is 0 Å². The molecule has 1 unspecified atom stereocenters. The molecule has 2 aromatic heterocycles. The lowest BCUT2D eigenvalue weighted by atomic mass is 10.1. The summed E-state index contributed by atoms with van der Waals surface area (Å²) in [5, 5.41) is 8.98. The second-order valence-corrected chi connectivity index (χ2v) is 3.40. The third-order valence-electron chi connectivity index (χ3n) is 2.23. The number of hydrogen-bond donors (Lipinski definition) is 1. The Kier molecular flexibility index (Phi) is 2.78. The third kappa shape index (κ3) is 2.05. The molecule has 0 aliphatic rings. The van der Waals surface area contributed by atoms with Crippen molar-refractivity contribution in [2.24, 2.45) is 0 Å². The molecule has 2 rings (SSSR count). The molecule has 4 heteroatoms. The van der Waals surface area contributed by atoms with Crippen LogP contribution in [-0.2, 0) is 0 Å². The fourth-order valence-corrected chi connectivity index (χ4v) is 1.23. The first kappa shape index (κ1) is 9.86. The summed E-state index contributed by atoms with van der Waals surface area (Å²) in [6.07, 6.45) is 4.96. The van der Waals surface area contributed by atoms with E-state index >= 15 is 0 Å². The first-order valence-electron chi connectivity index (χ1n) is 4.78. The van der Waals surface area contributed by atoms with Gasteiger partial charge in [0.2, 0.25) is 5.89 Å². The van der Waals surface area contributed by atoms with Gasteiger partial charge in [-0.25, -0.2) is 4.98 Å². The molecule has 1 atom stereocenters. The summed E-state index contributed by atoms with van der Waals surface area (Å²) >= 11 is 0. The quantitative estimate of drug-likeness (QED) is 0.828. The van der Waals surface area contributed by atoms with Crippen LogP contribution in [0.4, 0.5) is 0 Å². The summed E-state index contributed by atoms with van der Waals surface area (Å²) in [5.41, 5.74) is 1.66. The first-order chi connectivity index (χ1) is 7.31. The van der Waals surface area contributed by atoms with E-state index in [2.05, 4.69) is 9.97 Å². The molecule has 0 aliphatic carbocycles. The van der Waals surface area contributed by atoms with Crippen LogP contribution in [0.3, 0.4) is 0 Å². The Hall–Kier alpha value is -1.68. The summed E-state index contributed by atoms with van der Waals surface area (Å²) in [5.74, 6) is 0.567. The number of aromatic nitrogens is 2. The van der Waals surface area contributed by atoms with Crippen molar-refractivity contribution in [2.45, 2.75) is 12.8 Å². The van der Waals surface area contributed by atoms with Gasteiger partial charge in [-0.3, -0.25) is 4.98 Å². The predicted octanol–water partition coefficient (Wildman–Crippen LogP) is 1.83. The second kappa shape index (κ2) is 4.23. The van der Waals surface area contributed by atoms with Crippen molar-refractivity contribution in [3.8, 4) is 11.5 Å². The number of oxazole rings is 1. The molecular weight excluding hydrogens is 192 g/mol. The van der Waals surface area contributed by atoms with Gasteiger partial charge in [0, 0.05) is 23.9 Å². The summed E-state index contributed by atoms with van der Waals surface area (Å²) in [6.45, 7) is 1.97. The number of aliphatic hydroxyl groups excluding tert-OH is 1. The van der Waals surface area contributed by atoms with Gasteiger partial charge in [0.1, 0.15) is 6.26 Å². The maximum Gasteiger partial charge on any atom is 0.226 e. The maximum absolute atomic E-state index is 8.98. The standard InChI is InChI=1S/C11H12N2O2/c1-8(6-14)10-7-15-11(13-10)9-2-4-12-5-3-9/h2-5,7-8,14H,6H2,1H3. The van der Waals surface area contributed by atoms with E-state index in [9.17, 15) is 0 Å². The zero-order valence-electron chi connectivity index (χ0n) is 8.42. The molecular formula is C11H12N2O2. The molecule has 15 heavy (non-hydrogen) atoms.